The first kappa shape index (κ1) is 27.4. The fourth-order valence-electron chi connectivity index (χ4n) is 10.5. The van der Waals surface area contributed by atoms with Gasteiger partial charge in [-0.2, -0.15) is 0 Å². The fraction of sp³-hybridized carbons (Fsp3) is 0.667. The Morgan fingerprint density at radius 1 is 1.12 bits per heavy atom. The third-order valence-electron chi connectivity index (χ3n) is 12.6. The van der Waals surface area contributed by atoms with Crippen LogP contribution >= 0.6 is 0 Å². The SMILES string of the molecule is CC1=C2C[C@H]3[C@@H](CC[C@@H]4CC(=O)C=C[C@@]43C)[C@@H]2CC[C@@]2(C1)O[C@@H]1C[C@H](C)CN(C(=O)OCc3ccccc3)[C@H]1[C@H]2C. The van der Waals surface area contributed by atoms with Crippen molar-refractivity contribution in [1.29, 1.82) is 0 Å². The minimum Gasteiger partial charge on any atom is -0.445 e. The Morgan fingerprint density at radius 2 is 1.93 bits per heavy atom. The average Bonchev–Trinajstić information content (AvgIpc) is 3.42. The molecule has 6 aliphatic rings. The van der Waals surface area contributed by atoms with Gasteiger partial charge in [-0.25, -0.2) is 4.79 Å². The van der Waals surface area contributed by atoms with Gasteiger partial charge in [0.1, 0.15) is 6.61 Å². The van der Waals surface area contributed by atoms with Crippen molar-refractivity contribution in [2.45, 2.75) is 103 Å². The number of carbonyl (C=O) groups excluding carboxylic acids is 2. The number of likely N-dealkylation sites (tertiary alicyclic amines) is 1. The minimum absolute atomic E-state index is 0.0669. The summed E-state index contributed by atoms with van der Waals surface area (Å²) in [6.07, 6.45) is 12.6. The van der Waals surface area contributed by atoms with E-state index in [1.807, 2.05) is 41.3 Å². The van der Waals surface area contributed by atoms with E-state index in [1.165, 1.54) is 31.3 Å². The molecule has 4 aliphatic carbocycles. The van der Waals surface area contributed by atoms with E-state index in [0.29, 0.717) is 42.0 Å². The van der Waals surface area contributed by atoms with Gasteiger partial charge in [0.05, 0.1) is 17.7 Å². The number of rotatable bonds is 2. The summed E-state index contributed by atoms with van der Waals surface area (Å²) in [5.74, 6) is 3.46. The molecule has 5 heteroatoms. The molecule has 4 fully saturated rings. The van der Waals surface area contributed by atoms with Crippen LogP contribution in [-0.4, -0.2) is 41.1 Å². The molecule has 1 aromatic rings. The summed E-state index contributed by atoms with van der Waals surface area (Å²) in [7, 11) is 0. The van der Waals surface area contributed by atoms with Crippen LogP contribution in [0.25, 0.3) is 0 Å². The number of ketones is 1. The number of fused-ring (bicyclic) bond motifs is 6. The van der Waals surface area contributed by atoms with Crippen molar-refractivity contribution in [3.05, 3.63) is 59.2 Å². The van der Waals surface area contributed by atoms with Crippen LogP contribution in [0.1, 0.15) is 84.6 Å². The van der Waals surface area contributed by atoms with E-state index >= 15 is 0 Å². The van der Waals surface area contributed by atoms with E-state index < -0.39 is 0 Å². The van der Waals surface area contributed by atoms with E-state index in [-0.39, 0.29) is 35.2 Å². The summed E-state index contributed by atoms with van der Waals surface area (Å²) < 4.78 is 13.0. The molecule has 0 radical (unpaired) electrons. The highest BCUT2D eigenvalue weighted by molar-refractivity contribution is 5.91. The van der Waals surface area contributed by atoms with E-state index in [0.717, 1.165) is 37.8 Å². The van der Waals surface area contributed by atoms with Gasteiger partial charge in [-0.3, -0.25) is 4.79 Å². The van der Waals surface area contributed by atoms with Crippen molar-refractivity contribution in [2.24, 2.45) is 40.9 Å². The number of benzene rings is 1. The predicted octanol–water partition coefficient (Wildman–Crippen LogP) is 7.51. The third kappa shape index (κ3) is 4.44. The lowest BCUT2D eigenvalue weighted by Crippen LogP contribution is -2.54. The van der Waals surface area contributed by atoms with Crippen molar-refractivity contribution < 1.29 is 19.1 Å². The Morgan fingerprint density at radius 3 is 2.73 bits per heavy atom. The van der Waals surface area contributed by atoms with Gasteiger partial charge in [0, 0.05) is 18.9 Å². The number of piperidine rings is 1. The molecule has 5 nitrogen and oxygen atoms in total. The largest absolute Gasteiger partial charge is 0.445 e. The zero-order chi connectivity index (χ0) is 28.5. The first-order valence-electron chi connectivity index (χ1n) is 16.2. The van der Waals surface area contributed by atoms with Crippen LogP contribution in [0.5, 0.6) is 0 Å². The lowest BCUT2D eigenvalue weighted by atomic mass is 9.54. The van der Waals surface area contributed by atoms with Crippen LogP contribution in [0.4, 0.5) is 4.79 Å². The van der Waals surface area contributed by atoms with Crippen molar-refractivity contribution in [3.8, 4) is 0 Å². The maximum Gasteiger partial charge on any atom is 0.410 e. The van der Waals surface area contributed by atoms with Gasteiger partial charge < -0.3 is 14.4 Å². The third-order valence-corrected chi connectivity index (χ3v) is 12.6. The molecule has 0 N–H and O–H groups in total. The summed E-state index contributed by atoms with van der Waals surface area (Å²) in [6.45, 7) is 10.4. The van der Waals surface area contributed by atoms with Crippen LogP contribution < -0.4 is 0 Å². The number of carbonyl (C=O) groups is 2. The monoisotopic (exact) mass is 557 g/mol. The molecule has 2 saturated heterocycles. The number of nitrogens with zero attached hydrogens (tertiary/aromatic N) is 1. The molecule has 220 valence electrons. The molecule has 10 atom stereocenters. The van der Waals surface area contributed by atoms with Gasteiger partial charge in [-0.1, -0.05) is 68.3 Å². The Kier molecular flexibility index (Phi) is 6.76. The normalized spacial score (nSPS) is 43.3. The molecule has 41 heavy (non-hydrogen) atoms. The van der Waals surface area contributed by atoms with Crippen LogP contribution in [-0.2, 0) is 20.9 Å². The Labute approximate surface area is 245 Å². The van der Waals surface area contributed by atoms with Crippen LogP contribution in [0.3, 0.4) is 0 Å². The second-order valence-electron chi connectivity index (χ2n) is 14.8. The number of allylic oxidation sites excluding steroid dienone is 3. The molecular formula is C36H47NO4. The standard InChI is InChI=1S/C36H47NO4/c1-22-16-32-33(37(20-22)34(39)40-21-25-8-6-5-7-9-25)24(3)36(41-32)15-13-28-29-11-10-26-17-27(38)12-14-35(26,4)31(29)18-30(28)23(2)19-36/h5-9,12,14,22,24,26,28-29,31-33H,10-11,13,15-21H2,1-4H3/t22-,24+,26+,28-,29-,31-,32+,33-,35-,36-/m0/s1. The van der Waals surface area contributed by atoms with Gasteiger partial charge in [0.25, 0.3) is 0 Å². The lowest BCUT2D eigenvalue weighted by molar-refractivity contribution is -0.118. The quantitative estimate of drug-likeness (QED) is 0.353. The Bertz CT molecular complexity index is 1270. The summed E-state index contributed by atoms with van der Waals surface area (Å²) in [5.41, 5.74) is 4.18. The fourth-order valence-corrected chi connectivity index (χ4v) is 10.5. The highest BCUT2D eigenvalue weighted by Gasteiger charge is 2.60. The van der Waals surface area contributed by atoms with Crippen LogP contribution in [0.2, 0.25) is 0 Å². The van der Waals surface area contributed by atoms with Gasteiger partial charge >= 0.3 is 6.09 Å². The summed E-state index contributed by atoms with van der Waals surface area (Å²) in [5, 5.41) is 0. The maximum atomic E-state index is 13.5. The van der Waals surface area contributed by atoms with Crippen LogP contribution in [0.15, 0.2) is 53.6 Å². The molecule has 2 aliphatic heterocycles. The molecule has 2 heterocycles. The highest BCUT2D eigenvalue weighted by Crippen LogP contribution is 2.64. The number of ether oxygens (including phenoxy) is 2. The second-order valence-corrected chi connectivity index (χ2v) is 14.8. The molecule has 2 saturated carbocycles. The molecular weight excluding hydrogens is 510 g/mol. The molecule has 7 rings (SSSR count). The summed E-state index contributed by atoms with van der Waals surface area (Å²) >= 11 is 0. The predicted molar refractivity (Wildman–Crippen MR) is 159 cm³/mol. The summed E-state index contributed by atoms with van der Waals surface area (Å²) in [4.78, 5) is 27.7. The van der Waals surface area contributed by atoms with Crippen LogP contribution in [0, 0.1) is 40.9 Å². The second kappa shape index (κ2) is 10.1. The average molecular weight is 558 g/mol. The van der Waals surface area contributed by atoms with Crippen molar-refractivity contribution in [2.75, 3.05) is 6.54 Å². The molecule has 0 aromatic heterocycles. The van der Waals surface area contributed by atoms with Gasteiger partial charge in [-0.15, -0.1) is 0 Å². The molecule has 0 unspecified atom stereocenters. The minimum atomic E-state index is -0.216. The Balaban J connectivity index is 1.12. The lowest BCUT2D eigenvalue weighted by Gasteiger charge is -2.49. The Hall–Kier alpha value is -2.40. The summed E-state index contributed by atoms with van der Waals surface area (Å²) in [6, 6.07) is 10.0. The van der Waals surface area contributed by atoms with Gasteiger partial charge in [0.2, 0.25) is 0 Å². The molecule has 0 bridgehead atoms. The van der Waals surface area contributed by atoms with Crippen molar-refractivity contribution in [1.82, 2.24) is 4.90 Å². The highest BCUT2D eigenvalue weighted by atomic mass is 16.6. The number of hydrogen-bond donors (Lipinski definition) is 0. The molecule has 1 spiro atoms. The molecule has 1 amide bonds. The smallest absolute Gasteiger partial charge is 0.410 e. The number of hydrogen-bond acceptors (Lipinski definition) is 4. The van der Waals surface area contributed by atoms with Crippen molar-refractivity contribution in [3.63, 3.8) is 0 Å². The van der Waals surface area contributed by atoms with Gasteiger partial charge in [0.15, 0.2) is 5.78 Å². The van der Waals surface area contributed by atoms with E-state index in [2.05, 4.69) is 33.8 Å². The number of amides is 1. The first-order chi connectivity index (χ1) is 19.7. The van der Waals surface area contributed by atoms with E-state index in [1.54, 1.807) is 5.57 Å². The maximum absolute atomic E-state index is 13.5. The zero-order valence-electron chi connectivity index (χ0n) is 25.3. The molecule has 1 aromatic carbocycles. The first-order valence-corrected chi connectivity index (χ1v) is 16.2. The van der Waals surface area contributed by atoms with E-state index in [4.69, 9.17) is 9.47 Å². The van der Waals surface area contributed by atoms with E-state index in [9.17, 15) is 9.59 Å². The zero-order valence-corrected chi connectivity index (χ0v) is 25.3. The van der Waals surface area contributed by atoms with Gasteiger partial charge in [-0.05, 0) is 98.5 Å². The topological polar surface area (TPSA) is 55.8 Å². The van der Waals surface area contributed by atoms with Crippen molar-refractivity contribution >= 4 is 11.9 Å².